The summed E-state index contributed by atoms with van der Waals surface area (Å²) in [5.74, 6) is 0. The molecule has 2 aromatic heterocycles. The van der Waals surface area contributed by atoms with E-state index in [1.165, 1.54) is 23.1 Å². The first-order valence-corrected chi connectivity index (χ1v) is 7.43. The molecule has 0 N–H and O–H groups in total. The van der Waals surface area contributed by atoms with Gasteiger partial charge in [0.1, 0.15) is 0 Å². The Hall–Kier alpha value is -1.37. The van der Waals surface area contributed by atoms with E-state index < -0.39 is 0 Å². The lowest BCUT2D eigenvalue weighted by Gasteiger charge is -1.96. The monoisotopic (exact) mass is 309 g/mol. The van der Waals surface area contributed by atoms with Crippen LogP contribution < -0.4 is 5.56 Å². The molecule has 0 saturated carbocycles. The van der Waals surface area contributed by atoms with Crippen LogP contribution in [0, 0.1) is 6.92 Å². The molecule has 0 radical (unpaired) electrons. The number of fused-ring (bicyclic) bond motifs is 1. The highest BCUT2D eigenvalue weighted by Crippen LogP contribution is 2.31. The number of benzene rings is 1. The third kappa shape index (κ3) is 2.65. The Morgan fingerprint density at radius 3 is 2.79 bits per heavy atom. The highest BCUT2D eigenvalue weighted by molar-refractivity contribution is 8.01. The Balaban J connectivity index is 1.97. The van der Waals surface area contributed by atoms with E-state index in [4.69, 9.17) is 11.6 Å². The average Bonchev–Trinajstić information content (AvgIpc) is 2.74. The largest absolute Gasteiger partial charge is 0.276 e. The fourth-order valence-electron chi connectivity index (χ4n) is 1.49. The molecule has 3 rings (SSSR count). The molecule has 1 aromatic carbocycles. The molecule has 0 spiro atoms. The lowest BCUT2D eigenvalue weighted by Crippen LogP contribution is -2.10. The molecule has 96 valence electrons. The van der Waals surface area contributed by atoms with Crippen LogP contribution in [0.1, 0.15) is 5.56 Å². The van der Waals surface area contributed by atoms with Gasteiger partial charge in [-0.2, -0.15) is 4.98 Å². The molecular formula is C12H8ClN3OS2. The summed E-state index contributed by atoms with van der Waals surface area (Å²) >= 11 is 8.75. The van der Waals surface area contributed by atoms with E-state index >= 15 is 0 Å². The summed E-state index contributed by atoms with van der Waals surface area (Å²) in [5.41, 5.74) is 0.387. The van der Waals surface area contributed by atoms with Crippen molar-refractivity contribution in [2.75, 3.05) is 0 Å². The highest BCUT2D eigenvalue weighted by atomic mass is 35.5. The van der Waals surface area contributed by atoms with E-state index in [2.05, 4.69) is 10.1 Å². The van der Waals surface area contributed by atoms with Crippen LogP contribution in [0.25, 0.3) is 4.96 Å². The van der Waals surface area contributed by atoms with Crippen LogP contribution in [0.3, 0.4) is 0 Å². The molecule has 0 saturated heterocycles. The van der Waals surface area contributed by atoms with Crippen LogP contribution in [0.5, 0.6) is 0 Å². The minimum absolute atomic E-state index is 0.202. The predicted molar refractivity (Wildman–Crippen MR) is 77.4 cm³/mol. The topological polar surface area (TPSA) is 47.3 Å². The van der Waals surface area contributed by atoms with Gasteiger partial charge in [-0.15, -0.1) is 5.10 Å². The van der Waals surface area contributed by atoms with E-state index in [0.717, 1.165) is 9.24 Å². The standard InChI is InChI=1S/C12H8ClN3OS2/c1-7-6-16-11(14-10(7)17)19-12(15-16)18-9-4-2-8(13)3-5-9/h2-6H,1H3. The second kappa shape index (κ2) is 4.96. The third-order valence-electron chi connectivity index (χ3n) is 2.43. The zero-order valence-electron chi connectivity index (χ0n) is 9.83. The number of halogens is 1. The van der Waals surface area contributed by atoms with Crippen molar-refractivity contribution < 1.29 is 0 Å². The number of rotatable bonds is 2. The molecule has 19 heavy (non-hydrogen) atoms. The average molecular weight is 310 g/mol. The van der Waals surface area contributed by atoms with Crippen LogP contribution in [-0.4, -0.2) is 14.6 Å². The zero-order valence-corrected chi connectivity index (χ0v) is 12.2. The number of nitrogens with zero attached hydrogens (tertiary/aromatic N) is 3. The van der Waals surface area contributed by atoms with Gasteiger partial charge in [-0.25, -0.2) is 4.52 Å². The van der Waals surface area contributed by atoms with Gasteiger partial charge in [-0.05, 0) is 31.2 Å². The number of aryl methyl sites for hydroxylation is 1. The highest BCUT2D eigenvalue weighted by Gasteiger charge is 2.08. The van der Waals surface area contributed by atoms with Crippen LogP contribution >= 0.6 is 34.7 Å². The molecule has 0 fully saturated rings. The molecule has 3 aromatic rings. The number of hydrogen-bond donors (Lipinski definition) is 0. The van der Waals surface area contributed by atoms with Gasteiger partial charge < -0.3 is 0 Å². The molecule has 0 bridgehead atoms. The van der Waals surface area contributed by atoms with Crippen molar-refractivity contribution in [1.82, 2.24) is 14.6 Å². The first kappa shape index (κ1) is 12.7. The summed E-state index contributed by atoms with van der Waals surface area (Å²) in [7, 11) is 0. The Labute approximate surface area is 122 Å². The minimum atomic E-state index is -0.202. The quantitative estimate of drug-likeness (QED) is 0.729. The number of aromatic nitrogens is 3. The smallest absolute Gasteiger partial charge is 0.267 e. The van der Waals surface area contributed by atoms with Gasteiger partial charge >= 0.3 is 0 Å². The summed E-state index contributed by atoms with van der Waals surface area (Å²) in [4.78, 5) is 17.1. The maximum atomic E-state index is 11.5. The van der Waals surface area contributed by atoms with Gasteiger partial charge in [-0.3, -0.25) is 4.79 Å². The fraction of sp³-hybridized carbons (Fsp3) is 0.0833. The van der Waals surface area contributed by atoms with E-state index in [0.29, 0.717) is 15.5 Å². The van der Waals surface area contributed by atoms with Crippen molar-refractivity contribution in [2.45, 2.75) is 16.2 Å². The van der Waals surface area contributed by atoms with Crippen LogP contribution in [0.2, 0.25) is 5.02 Å². The molecular weight excluding hydrogens is 302 g/mol. The summed E-state index contributed by atoms with van der Waals surface area (Å²) < 4.78 is 2.47. The van der Waals surface area contributed by atoms with Gasteiger partial charge in [0.2, 0.25) is 4.96 Å². The van der Waals surface area contributed by atoms with E-state index in [1.807, 2.05) is 24.3 Å². The number of hydrogen-bond acceptors (Lipinski definition) is 5. The van der Waals surface area contributed by atoms with Crippen molar-refractivity contribution in [2.24, 2.45) is 0 Å². The second-order valence-corrected chi connectivity index (χ2v) is 6.59. The lowest BCUT2D eigenvalue weighted by atomic mass is 10.4. The Morgan fingerprint density at radius 2 is 2.05 bits per heavy atom. The van der Waals surface area contributed by atoms with Gasteiger partial charge in [0.05, 0.1) is 0 Å². The summed E-state index contributed by atoms with van der Waals surface area (Å²) in [5, 5.41) is 5.10. The fourth-order valence-corrected chi connectivity index (χ4v) is 3.50. The summed E-state index contributed by atoms with van der Waals surface area (Å²) in [6.07, 6.45) is 1.70. The first-order valence-electron chi connectivity index (χ1n) is 5.42. The summed E-state index contributed by atoms with van der Waals surface area (Å²) in [6.45, 7) is 1.73. The van der Waals surface area contributed by atoms with Gasteiger partial charge in [0, 0.05) is 21.7 Å². The maximum absolute atomic E-state index is 11.5. The van der Waals surface area contributed by atoms with E-state index in [1.54, 1.807) is 17.6 Å². The molecule has 0 unspecified atom stereocenters. The van der Waals surface area contributed by atoms with E-state index in [-0.39, 0.29) is 5.56 Å². The van der Waals surface area contributed by atoms with Gasteiger partial charge in [0.15, 0.2) is 4.34 Å². The van der Waals surface area contributed by atoms with Crippen LogP contribution in [0.15, 0.2) is 44.5 Å². The zero-order chi connectivity index (χ0) is 13.4. The van der Waals surface area contributed by atoms with Crippen molar-refractivity contribution >= 4 is 39.7 Å². The molecule has 4 nitrogen and oxygen atoms in total. The molecule has 0 amide bonds. The normalized spacial score (nSPS) is 11.1. The minimum Gasteiger partial charge on any atom is -0.267 e. The van der Waals surface area contributed by atoms with E-state index in [9.17, 15) is 4.79 Å². The van der Waals surface area contributed by atoms with Crippen molar-refractivity contribution in [3.05, 3.63) is 51.4 Å². The second-order valence-electron chi connectivity index (χ2n) is 3.88. The molecule has 0 atom stereocenters. The van der Waals surface area contributed by atoms with Gasteiger partial charge in [-0.1, -0.05) is 34.7 Å². The van der Waals surface area contributed by atoms with Crippen molar-refractivity contribution in [1.29, 1.82) is 0 Å². The van der Waals surface area contributed by atoms with Crippen LogP contribution in [-0.2, 0) is 0 Å². The SMILES string of the molecule is Cc1cn2nc(Sc3ccc(Cl)cc3)sc2nc1=O. The molecule has 0 aliphatic heterocycles. The molecule has 7 heteroatoms. The molecule has 0 aliphatic rings. The Kier molecular flexibility index (Phi) is 3.30. The molecule has 0 aliphatic carbocycles. The summed E-state index contributed by atoms with van der Waals surface area (Å²) in [6, 6.07) is 7.54. The molecule has 2 heterocycles. The first-order chi connectivity index (χ1) is 9.11. The Bertz CT molecular complexity index is 795. The maximum Gasteiger partial charge on any atom is 0.276 e. The van der Waals surface area contributed by atoms with Gasteiger partial charge in [0.25, 0.3) is 5.56 Å². The van der Waals surface area contributed by atoms with Crippen molar-refractivity contribution in [3.8, 4) is 0 Å². The van der Waals surface area contributed by atoms with Crippen LogP contribution in [0.4, 0.5) is 0 Å². The lowest BCUT2D eigenvalue weighted by molar-refractivity contribution is 0.875. The predicted octanol–water partition coefficient (Wildman–Crippen LogP) is 3.26. The third-order valence-corrected chi connectivity index (χ3v) is 4.67. The van der Waals surface area contributed by atoms with Crippen molar-refractivity contribution in [3.63, 3.8) is 0 Å². The Morgan fingerprint density at radius 1 is 1.32 bits per heavy atom.